The second-order valence-electron chi connectivity index (χ2n) is 5.24. The van der Waals surface area contributed by atoms with Crippen molar-refractivity contribution in [2.45, 2.75) is 0 Å². The van der Waals surface area contributed by atoms with E-state index in [0.29, 0.717) is 28.1 Å². The van der Waals surface area contributed by atoms with Gasteiger partial charge in [-0.05, 0) is 24.3 Å². The van der Waals surface area contributed by atoms with E-state index in [1.165, 1.54) is 17.1 Å². The Labute approximate surface area is 133 Å². The molecule has 0 saturated carbocycles. The molecule has 0 saturated heterocycles. The molecule has 0 aliphatic carbocycles. The van der Waals surface area contributed by atoms with E-state index in [2.05, 4.69) is 25.3 Å². The summed E-state index contributed by atoms with van der Waals surface area (Å²) in [6, 6.07) is 8.51. The molecule has 0 aliphatic rings. The van der Waals surface area contributed by atoms with Gasteiger partial charge in [0, 0.05) is 23.2 Å². The number of hydrogen-bond donors (Lipinski definition) is 1. The molecule has 8 heteroatoms. The topological polar surface area (TPSA) is 85.4 Å². The van der Waals surface area contributed by atoms with Crippen LogP contribution in [-0.4, -0.2) is 29.9 Å². The molecule has 4 aromatic heterocycles. The third kappa shape index (κ3) is 1.76. The Hall–Kier alpha value is -3.55. The van der Waals surface area contributed by atoms with Gasteiger partial charge in [0.05, 0.1) is 6.26 Å². The Kier molecular flexibility index (Phi) is 2.55. The van der Waals surface area contributed by atoms with Gasteiger partial charge in [0.15, 0.2) is 22.7 Å². The lowest BCUT2D eigenvalue weighted by atomic mass is 10.2. The number of furan rings is 1. The van der Waals surface area contributed by atoms with Crippen LogP contribution in [0, 0.1) is 5.82 Å². The maximum absolute atomic E-state index is 14.5. The monoisotopic (exact) mass is 320 g/mol. The standard InChI is InChI=1S/C16H9FN6O/c17-10-7-11-9(3-4-18-11)6-12(10)23-16-15(21-22-23)14(19-8-20-16)13-2-1-5-24-13/h1-8,18H. The summed E-state index contributed by atoms with van der Waals surface area (Å²) in [5.74, 6) is 0.130. The average Bonchev–Trinajstić information content (AvgIpc) is 3.33. The number of hydrogen-bond acceptors (Lipinski definition) is 5. The summed E-state index contributed by atoms with van der Waals surface area (Å²) in [5, 5.41) is 9.04. The fourth-order valence-electron chi connectivity index (χ4n) is 2.73. The third-order valence-electron chi connectivity index (χ3n) is 3.84. The predicted octanol–water partition coefficient (Wildman–Crippen LogP) is 3.09. The zero-order valence-electron chi connectivity index (χ0n) is 12.1. The first-order valence-electron chi connectivity index (χ1n) is 7.18. The fraction of sp³-hybridized carbons (Fsp3) is 0. The molecule has 5 rings (SSSR count). The van der Waals surface area contributed by atoms with Crippen molar-refractivity contribution in [2.75, 3.05) is 0 Å². The summed E-state index contributed by atoms with van der Waals surface area (Å²) in [7, 11) is 0. The molecule has 0 spiro atoms. The van der Waals surface area contributed by atoms with E-state index in [0.717, 1.165) is 5.39 Å². The van der Waals surface area contributed by atoms with Crippen LogP contribution in [0.1, 0.15) is 0 Å². The van der Waals surface area contributed by atoms with Crippen LogP contribution in [0.2, 0.25) is 0 Å². The Morgan fingerprint density at radius 3 is 3.00 bits per heavy atom. The number of aromatic nitrogens is 6. The molecule has 1 N–H and O–H groups in total. The highest BCUT2D eigenvalue weighted by Crippen LogP contribution is 2.27. The Balaban J connectivity index is 1.78. The summed E-state index contributed by atoms with van der Waals surface area (Å²) in [6.07, 6.45) is 4.69. The van der Waals surface area contributed by atoms with Gasteiger partial charge in [0.2, 0.25) is 0 Å². The van der Waals surface area contributed by atoms with E-state index in [4.69, 9.17) is 4.42 Å². The van der Waals surface area contributed by atoms with Gasteiger partial charge in [-0.15, -0.1) is 5.10 Å². The molecule has 116 valence electrons. The van der Waals surface area contributed by atoms with Gasteiger partial charge in [-0.2, -0.15) is 4.68 Å². The van der Waals surface area contributed by atoms with Crippen molar-refractivity contribution in [3.8, 4) is 17.1 Å². The maximum atomic E-state index is 14.5. The summed E-state index contributed by atoms with van der Waals surface area (Å²) in [5.41, 5.74) is 2.35. The minimum atomic E-state index is -0.421. The first-order chi connectivity index (χ1) is 11.8. The maximum Gasteiger partial charge on any atom is 0.187 e. The molecule has 4 heterocycles. The molecule has 1 aromatic carbocycles. The molecule has 24 heavy (non-hydrogen) atoms. The highest BCUT2D eigenvalue weighted by Gasteiger charge is 2.18. The number of H-pyrrole nitrogens is 1. The quantitative estimate of drug-likeness (QED) is 0.540. The predicted molar refractivity (Wildman–Crippen MR) is 84.0 cm³/mol. The average molecular weight is 320 g/mol. The van der Waals surface area contributed by atoms with Crippen LogP contribution in [-0.2, 0) is 0 Å². The van der Waals surface area contributed by atoms with Crippen LogP contribution in [0.25, 0.3) is 39.2 Å². The van der Waals surface area contributed by atoms with E-state index in [1.54, 1.807) is 30.7 Å². The van der Waals surface area contributed by atoms with Crippen LogP contribution in [0.5, 0.6) is 0 Å². The number of aromatic amines is 1. The summed E-state index contributed by atoms with van der Waals surface area (Å²) >= 11 is 0. The zero-order valence-corrected chi connectivity index (χ0v) is 12.1. The number of benzene rings is 1. The van der Waals surface area contributed by atoms with Gasteiger partial charge in [0.25, 0.3) is 0 Å². The lowest BCUT2D eigenvalue weighted by molar-refractivity contribution is 0.580. The van der Waals surface area contributed by atoms with Gasteiger partial charge in [-0.25, -0.2) is 14.4 Å². The van der Waals surface area contributed by atoms with Crippen molar-refractivity contribution in [3.63, 3.8) is 0 Å². The molecule has 0 unspecified atom stereocenters. The second-order valence-corrected chi connectivity index (χ2v) is 5.24. The van der Waals surface area contributed by atoms with Gasteiger partial charge >= 0.3 is 0 Å². The normalized spacial score (nSPS) is 11.5. The van der Waals surface area contributed by atoms with Gasteiger partial charge in [-0.1, -0.05) is 5.21 Å². The largest absolute Gasteiger partial charge is 0.463 e. The van der Waals surface area contributed by atoms with Crippen LogP contribution in [0.4, 0.5) is 4.39 Å². The molecule has 0 atom stereocenters. The van der Waals surface area contributed by atoms with Crippen molar-refractivity contribution >= 4 is 22.1 Å². The molecular formula is C16H9FN6O. The molecule has 7 nitrogen and oxygen atoms in total. The van der Waals surface area contributed by atoms with E-state index >= 15 is 0 Å². The number of nitrogens with one attached hydrogen (secondary N) is 1. The van der Waals surface area contributed by atoms with E-state index in [9.17, 15) is 4.39 Å². The van der Waals surface area contributed by atoms with E-state index in [1.807, 2.05) is 6.07 Å². The Morgan fingerprint density at radius 1 is 1.17 bits per heavy atom. The lowest BCUT2D eigenvalue weighted by Crippen LogP contribution is -2.01. The van der Waals surface area contributed by atoms with E-state index < -0.39 is 5.82 Å². The van der Waals surface area contributed by atoms with Gasteiger partial charge in [0.1, 0.15) is 17.7 Å². The van der Waals surface area contributed by atoms with Gasteiger partial charge < -0.3 is 9.40 Å². The minimum Gasteiger partial charge on any atom is -0.463 e. The Morgan fingerprint density at radius 2 is 2.12 bits per heavy atom. The molecule has 0 radical (unpaired) electrons. The van der Waals surface area contributed by atoms with Crippen molar-refractivity contribution < 1.29 is 8.81 Å². The number of nitrogens with zero attached hydrogens (tertiary/aromatic N) is 5. The zero-order chi connectivity index (χ0) is 16.1. The van der Waals surface area contributed by atoms with E-state index in [-0.39, 0.29) is 5.69 Å². The smallest absolute Gasteiger partial charge is 0.187 e. The van der Waals surface area contributed by atoms with Crippen molar-refractivity contribution in [2.24, 2.45) is 0 Å². The van der Waals surface area contributed by atoms with Crippen molar-refractivity contribution in [3.05, 3.63) is 54.9 Å². The first-order valence-corrected chi connectivity index (χ1v) is 7.18. The van der Waals surface area contributed by atoms with Crippen LogP contribution >= 0.6 is 0 Å². The number of halogens is 1. The summed E-state index contributed by atoms with van der Waals surface area (Å²) in [6.45, 7) is 0. The third-order valence-corrected chi connectivity index (χ3v) is 3.84. The number of fused-ring (bicyclic) bond motifs is 2. The summed E-state index contributed by atoms with van der Waals surface area (Å²) < 4.78 is 21.2. The Bertz CT molecular complexity index is 1170. The molecule has 0 fully saturated rings. The molecule has 0 amide bonds. The van der Waals surface area contributed by atoms with Crippen LogP contribution in [0.3, 0.4) is 0 Å². The fourth-order valence-corrected chi connectivity index (χ4v) is 2.73. The van der Waals surface area contributed by atoms with Crippen molar-refractivity contribution in [1.82, 2.24) is 29.9 Å². The lowest BCUT2D eigenvalue weighted by Gasteiger charge is -2.04. The van der Waals surface area contributed by atoms with Crippen LogP contribution in [0.15, 0.2) is 53.5 Å². The highest BCUT2D eigenvalue weighted by molar-refractivity contribution is 5.87. The molecule has 5 aromatic rings. The van der Waals surface area contributed by atoms with Crippen molar-refractivity contribution in [1.29, 1.82) is 0 Å². The molecule has 0 bridgehead atoms. The van der Waals surface area contributed by atoms with Gasteiger partial charge in [-0.3, -0.25) is 0 Å². The summed E-state index contributed by atoms with van der Waals surface area (Å²) in [4.78, 5) is 11.4. The molecular weight excluding hydrogens is 311 g/mol. The SMILES string of the molecule is Fc1cc2[nH]ccc2cc1-n1nnc2c(-c3ccco3)ncnc21. The molecule has 0 aliphatic heterocycles. The second kappa shape index (κ2) is 4.72. The van der Waals surface area contributed by atoms with Crippen LogP contribution < -0.4 is 0 Å². The first kappa shape index (κ1) is 12.9. The minimum absolute atomic E-state index is 0.272. The highest BCUT2D eigenvalue weighted by atomic mass is 19.1. The number of rotatable bonds is 2.